The van der Waals surface area contributed by atoms with Crippen LogP contribution >= 0.6 is 11.6 Å². The molecule has 0 aliphatic heterocycles. The molecule has 3 aromatic rings. The van der Waals surface area contributed by atoms with E-state index in [9.17, 15) is 4.39 Å². The molecule has 0 saturated heterocycles. The molecule has 0 bridgehead atoms. The normalized spacial score (nSPS) is 11.0. The highest BCUT2D eigenvalue weighted by Crippen LogP contribution is 2.16. The third-order valence-corrected chi connectivity index (χ3v) is 3.02. The van der Waals surface area contributed by atoms with Gasteiger partial charge in [0.15, 0.2) is 5.65 Å². The van der Waals surface area contributed by atoms with Gasteiger partial charge in [0, 0.05) is 6.42 Å². The highest BCUT2D eigenvalue weighted by molar-refractivity contribution is 6.29. The van der Waals surface area contributed by atoms with Crippen LogP contribution in [0.2, 0.25) is 5.15 Å². The summed E-state index contributed by atoms with van der Waals surface area (Å²) in [5, 5.41) is 8.72. The molecule has 0 N–H and O–H groups in total. The number of halogens is 2. The molecule has 2 aromatic heterocycles. The summed E-state index contributed by atoms with van der Waals surface area (Å²) in [5.41, 5.74) is 1.67. The van der Waals surface area contributed by atoms with Crippen molar-refractivity contribution in [2.75, 3.05) is 0 Å². The maximum Gasteiger partial charge on any atom is 0.161 e. The number of nitrogens with zero attached hydrogens (tertiary/aromatic N) is 3. The molecule has 0 radical (unpaired) electrons. The Morgan fingerprint density at radius 2 is 1.83 bits per heavy atom. The summed E-state index contributed by atoms with van der Waals surface area (Å²) in [5.74, 6) is 0.491. The fraction of sp³-hybridized carbons (Fsp3) is 0.0769. The first kappa shape index (κ1) is 11.2. The molecule has 5 heteroatoms. The first-order valence-corrected chi connectivity index (χ1v) is 5.85. The highest BCUT2D eigenvalue weighted by atomic mass is 35.5. The Labute approximate surface area is 108 Å². The van der Waals surface area contributed by atoms with Gasteiger partial charge in [-0.3, -0.25) is 4.40 Å². The molecule has 0 spiro atoms. The lowest BCUT2D eigenvalue weighted by atomic mass is 10.1. The SMILES string of the molecule is Fc1ccc(Cc2nnc3cccc(Cl)n23)cc1. The van der Waals surface area contributed by atoms with E-state index in [1.807, 2.05) is 12.1 Å². The average molecular weight is 262 g/mol. The van der Waals surface area contributed by atoms with Crippen LogP contribution < -0.4 is 0 Å². The number of benzene rings is 1. The Morgan fingerprint density at radius 1 is 1.06 bits per heavy atom. The topological polar surface area (TPSA) is 30.2 Å². The van der Waals surface area contributed by atoms with Gasteiger partial charge in [0.2, 0.25) is 0 Å². The van der Waals surface area contributed by atoms with E-state index in [2.05, 4.69) is 10.2 Å². The molecule has 0 amide bonds. The van der Waals surface area contributed by atoms with Crippen LogP contribution in [0.4, 0.5) is 4.39 Å². The van der Waals surface area contributed by atoms with Crippen molar-refractivity contribution in [3.8, 4) is 0 Å². The second-order valence-electron chi connectivity index (χ2n) is 3.96. The molecule has 0 atom stereocenters. The van der Waals surface area contributed by atoms with E-state index in [1.165, 1.54) is 12.1 Å². The van der Waals surface area contributed by atoms with E-state index in [-0.39, 0.29) is 5.82 Å². The quantitative estimate of drug-likeness (QED) is 0.664. The third-order valence-electron chi connectivity index (χ3n) is 2.72. The molecule has 0 aliphatic carbocycles. The summed E-state index contributed by atoms with van der Waals surface area (Å²) >= 11 is 6.12. The van der Waals surface area contributed by atoms with Crippen molar-refractivity contribution in [3.05, 3.63) is 64.8 Å². The Bertz CT molecular complexity index is 691. The first-order valence-electron chi connectivity index (χ1n) is 5.47. The van der Waals surface area contributed by atoms with E-state index < -0.39 is 0 Å². The van der Waals surface area contributed by atoms with Crippen molar-refractivity contribution in [1.82, 2.24) is 14.6 Å². The lowest BCUT2D eigenvalue weighted by Crippen LogP contribution is -1.97. The molecule has 3 nitrogen and oxygen atoms in total. The maximum absolute atomic E-state index is 12.8. The number of hydrogen-bond donors (Lipinski definition) is 0. The molecule has 0 aliphatic rings. The van der Waals surface area contributed by atoms with Gasteiger partial charge in [-0.1, -0.05) is 29.8 Å². The Kier molecular flexibility index (Phi) is 2.72. The predicted octanol–water partition coefficient (Wildman–Crippen LogP) is 3.11. The minimum absolute atomic E-state index is 0.247. The monoisotopic (exact) mass is 261 g/mol. The summed E-state index contributed by atoms with van der Waals surface area (Å²) in [6, 6.07) is 11.8. The zero-order valence-electron chi connectivity index (χ0n) is 9.35. The molecule has 0 unspecified atom stereocenters. The van der Waals surface area contributed by atoms with Gasteiger partial charge >= 0.3 is 0 Å². The second-order valence-corrected chi connectivity index (χ2v) is 4.35. The van der Waals surface area contributed by atoms with Gasteiger partial charge < -0.3 is 0 Å². The van der Waals surface area contributed by atoms with Gasteiger partial charge in [0.25, 0.3) is 0 Å². The van der Waals surface area contributed by atoms with Crippen molar-refractivity contribution in [2.24, 2.45) is 0 Å². The van der Waals surface area contributed by atoms with Crippen molar-refractivity contribution in [3.63, 3.8) is 0 Å². The summed E-state index contributed by atoms with van der Waals surface area (Å²) < 4.78 is 14.6. The van der Waals surface area contributed by atoms with Crippen LogP contribution in [0.3, 0.4) is 0 Å². The molecular weight excluding hydrogens is 253 g/mol. The molecule has 0 saturated carbocycles. The standard InChI is InChI=1S/C13H9ClFN3/c14-11-2-1-3-12-16-17-13(18(11)12)8-9-4-6-10(15)7-5-9/h1-7H,8H2. The highest BCUT2D eigenvalue weighted by Gasteiger charge is 2.08. The zero-order chi connectivity index (χ0) is 12.5. The van der Waals surface area contributed by atoms with Gasteiger partial charge in [-0.2, -0.15) is 0 Å². The molecule has 1 aromatic carbocycles. The van der Waals surface area contributed by atoms with Crippen LogP contribution in [0, 0.1) is 5.82 Å². The molecule has 18 heavy (non-hydrogen) atoms. The van der Waals surface area contributed by atoms with Crippen LogP contribution in [0.1, 0.15) is 11.4 Å². The van der Waals surface area contributed by atoms with Crippen molar-refractivity contribution in [2.45, 2.75) is 6.42 Å². The van der Waals surface area contributed by atoms with Crippen LogP contribution in [0.25, 0.3) is 5.65 Å². The van der Waals surface area contributed by atoms with Gasteiger partial charge in [-0.05, 0) is 29.8 Å². The summed E-state index contributed by atoms with van der Waals surface area (Å²) in [6.45, 7) is 0. The third kappa shape index (κ3) is 1.95. The largest absolute Gasteiger partial charge is 0.269 e. The van der Waals surface area contributed by atoms with Crippen LogP contribution in [0.15, 0.2) is 42.5 Å². The average Bonchev–Trinajstić information content (AvgIpc) is 2.77. The van der Waals surface area contributed by atoms with Crippen LogP contribution in [-0.4, -0.2) is 14.6 Å². The number of aromatic nitrogens is 3. The van der Waals surface area contributed by atoms with Crippen molar-refractivity contribution >= 4 is 17.2 Å². The van der Waals surface area contributed by atoms with Gasteiger partial charge in [-0.25, -0.2) is 4.39 Å². The predicted molar refractivity (Wildman–Crippen MR) is 67.2 cm³/mol. The Morgan fingerprint density at radius 3 is 2.61 bits per heavy atom. The number of hydrogen-bond acceptors (Lipinski definition) is 2. The molecule has 0 fully saturated rings. The lowest BCUT2D eigenvalue weighted by molar-refractivity contribution is 0.627. The van der Waals surface area contributed by atoms with Crippen LogP contribution in [-0.2, 0) is 6.42 Å². The van der Waals surface area contributed by atoms with E-state index in [0.29, 0.717) is 17.2 Å². The maximum atomic E-state index is 12.8. The zero-order valence-corrected chi connectivity index (χ0v) is 10.1. The fourth-order valence-corrected chi connectivity index (χ4v) is 2.12. The molecule has 90 valence electrons. The second kappa shape index (κ2) is 4.38. The fourth-order valence-electron chi connectivity index (χ4n) is 1.86. The molecule has 2 heterocycles. The number of pyridine rings is 1. The van der Waals surface area contributed by atoms with Crippen molar-refractivity contribution < 1.29 is 4.39 Å². The van der Waals surface area contributed by atoms with Gasteiger partial charge in [-0.15, -0.1) is 10.2 Å². The van der Waals surface area contributed by atoms with E-state index in [1.54, 1.807) is 22.6 Å². The molecular formula is C13H9ClFN3. The molecule has 3 rings (SSSR count). The smallest absolute Gasteiger partial charge is 0.161 e. The Balaban J connectivity index is 2.02. The number of rotatable bonds is 2. The summed E-state index contributed by atoms with van der Waals surface area (Å²) in [7, 11) is 0. The Hall–Kier alpha value is -1.94. The lowest BCUT2D eigenvalue weighted by Gasteiger charge is -2.02. The van der Waals surface area contributed by atoms with E-state index in [0.717, 1.165) is 11.4 Å². The van der Waals surface area contributed by atoms with E-state index in [4.69, 9.17) is 11.6 Å². The first-order chi connectivity index (χ1) is 8.74. The summed E-state index contributed by atoms with van der Waals surface area (Å²) in [6.07, 6.45) is 0.561. The van der Waals surface area contributed by atoms with Crippen LogP contribution in [0.5, 0.6) is 0 Å². The minimum Gasteiger partial charge on any atom is -0.269 e. The van der Waals surface area contributed by atoms with Gasteiger partial charge in [0.05, 0.1) is 0 Å². The van der Waals surface area contributed by atoms with E-state index >= 15 is 0 Å². The van der Waals surface area contributed by atoms with Gasteiger partial charge in [0.1, 0.15) is 16.8 Å². The van der Waals surface area contributed by atoms with Crippen molar-refractivity contribution in [1.29, 1.82) is 0 Å². The minimum atomic E-state index is -0.247. The summed E-state index contributed by atoms with van der Waals surface area (Å²) in [4.78, 5) is 0. The number of fused-ring (bicyclic) bond motifs is 1.